The van der Waals surface area contributed by atoms with Gasteiger partial charge < -0.3 is 5.73 Å². The zero-order valence-electron chi connectivity index (χ0n) is 11.1. The van der Waals surface area contributed by atoms with Gasteiger partial charge in [-0.15, -0.1) is 6.58 Å². The summed E-state index contributed by atoms with van der Waals surface area (Å²) in [4.78, 5) is 18.7. The van der Waals surface area contributed by atoms with E-state index >= 15 is 0 Å². The number of benzene rings is 1. The van der Waals surface area contributed by atoms with E-state index in [2.05, 4.69) is 16.5 Å². The Morgan fingerprint density at radius 3 is 2.67 bits per heavy atom. The number of hydrogen-bond donors (Lipinski definition) is 1. The summed E-state index contributed by atoms with van der Waals surface area (Å²) >= 11 is 5.95. The van der Waals surface area contributed by atoms with E-state index in [0.29, 0.717) is 12.0 Å². The lowest BCUT2D eigenvalue weighted by atomic mass is 9.94. The van der Waals surface area contributed by atoms with E-state index in [1.165, 1.54) is 18.5 Å². The van der Waals surface area contributed by atoms with E-state index in [-0.39, 0.29) is 16.8 Å². The standard InChI is InChI=1S/C15H13ClFN3O/c1-2-9(6-10-4-3-5-12(17)13(10)16)11-7-19-15(14(18)21)20-8-11/h2-5,7-9H,1,6H2,(H2,18,21). The van der Waals surface area contributed by atoms with Crippen LogP contribution in [0.15, 0.2) is 43.2 Å². The normalized spacial score (nSPS) is 11.9. The average Bonchev–Trinajstić information content (AvgIpc) is 2.49. The number of primary amides is 1. The lowest BCUT2D eigenvalue weighted by Crippen LogP contribution is -2.15. The van der Waals surface area contributed by atoms with Gasteiger partial charge in [-0.2, -0.15) is 0 Å². The third-order valence-corrected chi connectivity index (χ3v) is 3.50. The first-order valence-corrected chi connectivity index (χ1v) is 6.58. The molecule has 0 fully saturated rings. The van der Waals surface area contributed by atoms with Crippen LogP contribution in [0.3, 0.4) is 0 Å². The molecule has 1 atom stereocenters. The highest BCUT2D eigenvalue weighted by Crippen LogP contribution is 2.27. The van der Waals surface area contributed by atoms with E-state index in [1.54, 1.807) is 18.2 Å². The van der Waals surface area contributed by atoms with Crippen LogP contribution in [0.5, 0.6) is 0 Å². The monoisotopic (exact) mass is 305 g/mol. The summed E-state index contributed by atoms with van der Waals surface area (Å²) < 4.78 is 13.4. The van der Waals surface area contributed by atoms with Crippen LogP contribution >= 0.6 is 11.6 Å². The summed E-state index contributed by atoms with van der Waals surface area (Å²) in [6.07, 6.45) is 5.17. The zero-order chi connectivity index (χ0) is 15.4. The Labute approximate surface area is 126 Å². The molecule has 4 nitrogen and oxygen atoms in total. The van der Waals surface area contributed by atoms with E-state index < -0.39 is 11.7 Å². The topological polar surface area (TPSA) is 68.9 Å². The minimum absolute atomic E-state index is 0.0506. The van der Waals surface area contributed by atoms with Gasteiger partial charge >= 0.3 is 0 Å². The third-order valence-electron chi connectivity index (χ3n) is 3.08. The van der Waals surface area contributed by atoms with Crippen molar-refractivity contribution >= 4 is 17.5 Å². The summed E-state index contributed by atoms with van der Waals surface area (Å²) in [6.45, 7) is 3.76. The molecule has 0 saturated heterocycles. The SMILES string of the molecule is C=CC(Cc1cccc(F)c1Cl)c1cnc(C(N)=O)nc1. The van der Waals surface area contributed by atoms with Crippen molar-refractivity contribution in [3.63, 3.8) is 0 Å². The van der Waals surface area contributed by atoms with Crippen molar-refractivity contribution in [2.75, 3.05) is 0 Å². The first kappa shape index (κ1) is 15.1. The molecule has 1 amide bonds. The van der Waals surface area contributed by atoms with Crippen molar-refractivity contribution in [1.82, 2.24) is 9.97 Å². The number of hydrogen-bond acceptors (Lipinski definition) is 3. The molecule has 21 heavy (non-hydrogen) atoms. The Morgan fingerprint density at radius 1 is 1.43 bits per heavy atom. The van der Waals surface area contributed by atoms with Crippen LogP contribution in [0.2, 0.25) is 5.02 Å². The largest absolute Gasteiger partial charge is 0.363 e. The van der Waals surface area contributed by atoms with Crippen LogP contribution in [0, 0.1) is 5.82 Å². The van der Waals surface area contributed by atoms with E-state index in [0.717, 1.165) is 5.56 Å². The molecule has 2 N–H and O–H groups in total. The van der Waals surface area contributed by atoms with E-state index in [4.69, 9.17) is 17.3 Å². The highest BCUT2D eigenvalue weighted by molar-refractivity contribution is 6.31. The quantitative estimate of drug-likeness (QED) is 0.864. The number of nitrogens with zero attached hydrogens (tertiary/aromatic N) is 2. The minimum Gasteiger partial charge on any atom is -0.363 e. The molecule has 2 aromatic rings. The fourth-order valence-corrected chi connectivity index (χ4v) is 2.14. The van der Waals surface area contributed by atoms with Crippen LogP contribution in [0.1, 0.15) is 27.7 Å². The second kappa shape index (κ2) is 6.45. The molecule has 108 valence electrons. The zero-order valence-corrected chi connectivity index (χ0v) is 11.8. The average molecular weight is 306 g/mol. The van der Waals surface area contributed by atoms with Gasteiger partial charge in [-0.05, 0) is 23.6 Å². The predicted octanol–water partition coefficient (Wildman–Crippen LogP) is 2.88. The molecular formula is C15H13ClFN3O. The maximum atomic E-state index is 13.4. The Hall–Kier alpha value is -2.27. The van der Waals surface area contributed by atoms with Gasteiger partial charge in [-0.25, -0.2) is 14.4 Å². The predicted molar refractivity (Wildman–Crippen MR) is 78.6 cm³/mol. The van der Waals surface area contributed by atoms with Crippen LogP contribution in [0.25, 0.3) is 0 Å². The minimum atomic E-state index is -0.690. The Morgan fingerprint density at radius 2 is 2.10 bits per heavy atom. The molecule has 0 aliphatic carbocycles. The number of amides is 1. The van der Waals surface area contributed by atoms with Crippen LogP contribution in [0.4, 0.5) is 4.39 Å². The van der Waals surface area contributed by atoms with Gasteiger partial charge in [0.2, 0.25) is 5.82 Å². The van der Waals surface area contributed by atoms with Crippen LogP contribution in [-0.2, 0) is 6.42 Å². The molecular weight excluding hydrogens is 293 g/mol. The number of halogens is 2. The summed E-state index contributed by atoms with van der Waals surface area (Å²) in [5.74, 6) is -1.35. The molecule has 1 aromatic heterocycles. The van der Waals surface area contributed by atoms with Gasteiger partial charge in [0.1, 0.15) is 5.82 Å². The molecule has 0 aliphatic heterocycles. The maximum Gasteiger partial charge on any atom is 0.286 e. The van der Waals surface area contributed by atoms with Crippen molar-refractivity contribution in [2.45, 2.75) is 12.3 Å². The number of rotatable bonds is 5. The second-order valence-corrected chi connectivity index (χ2v) is 4.84. The first-order chi connectivity index (χ1) is 10.0. The Balaban J connectivity index is 2.25. The lowest BCUT2D eigenvalue weighted by Gasteiger charge is -2.13. The molecule has 0 spiro atoms. The van der Waals surface area contributed by atoms with Gasteiger partial charge in [-0.3, -0.25) is 4.79 Å². The van der Waals surface area contributed by atoms with Crippen LogP contribution in [-0.4, -0.2) is 15.9 Å². The van der Waals surface area contributed by atoms with Crippen molar-refractivity contribution in [2.24, 2.45) is 5.73 Å². The second-order valence-electron chi connectivity index (χ2n) is 4.46. The summed E-state index contributed by atoms with van der Waals surface area (Å²) in [6, 6.07) is 4.66. The van der Waals surface area contributed by atoms with E-state index in [9.17, 15) is 9.18 Å². The van der Waals surface area contributed by atoms with Crippen molar-refractivity contribution in [1.29, 1.82) is 0 Å². The number of carbonyl (C=O) groups is 1. The number of allylic oxidation sites excluding steroid dienone is 1. The summed E-state index contributed by atoms with van der Waals surface area (Å²) in [7, 11) is 0. The van der Waals surface area contributed by atoms with Gasteiger partial charge in [0.05, 0.1) is 5.02 Å². The molecule has 2 rings (SSSR count). The van der Waals surface area contributed by atoms with Crippen molar-refractivity contribution in [3.05, 3.63) is 71.0 Å². The molecule has 0 bridgehead atoms. The van der Waals surface area contributed by atoms with Crippen molar-refractivity contribution < 1.29 is 9.18 Å². The van der Waals surface area contributed by atoms with Gasteiger partial charge in [0.15, 0.2) is 0 Å². The van der Waals surface area contributed by atoms with Crippen molar-refractivity contribution in [3.8, 4) is 0 Å². The van der Waals surface area contributed by atoms with Gasteiger partial charge in [0, 0.05) is 18.3 Å². The van der Waals surface area contributed by atoms with Gasteiger partial charge in [0.25, 0.3) is 5.91 Å². The Kier molecular flexibility index (Phi) is 4.65. The summed E-state index contributed by atoms with van der Waals surface area (Å²) in [5.41, 5.74) is 6.50. The summed E-state index contributed by atoms with van der Waals surface area (Å²) in [5, 5.41) is 0.0963. The molecule has 0 saturated carbocycles. The highest BCUT2D eigenvalue weighted by Gasteiger charge is 2.14. The smallest absolute Gasteiger partial charge is 0.286 e. The fourth-order valence-electron chi connectivity index (χ4n) is 1.94. The highest BCUT2D eigenvalue weighted by atomic mass is 35.5. The molecule has 6 heteroatoms. The molecule has 1 aromatic carbocycles. The Bertz CT molecular complexity index is 673. The van der Waals surface area contributed by atoms with Crippen LogP contribution < -0.4 is 5.73 Å². The molecule has 0 radical (unpaired) electrons. The number of aromatic nitrogens is 2. The third kappa shape index (κ3) is 3.44. The number of nitrogens with two attached hydrogens (primary N) is 1. The fraction of sp³-hybridized carbons (Fsp3) is 0.133. The molecule has 1 heterocycles. The lowest BCUT2D eigenvalue weighted by molar-refractivity contribution is 0.0990. The van der Waals surface area contributed by atoms with Gasteiger partial charge in [-0.1, -0.05) is 29.8 Å². The molecule has 1 unspecified atom stereocenters. The number of carbonyl (C=O) groups excluding carboxylic acids is 1. The maximum absolute atomic E-state index is 13.4. The van der Waals surface area contributed by atoms with E-state index in [1.807, 2.05) is 0 Å². The molecule has 0 aliphatic rings. The first-order valence-electron chi connectivity index (χ1n) is 6.20.